The van der Waals surface area contributed by atoms with Gasteiger partial charge < -0.3 is 15.1 Å². The van der Waals surface area contributed by atoms with Crippen molar-refractivity contribution in [3.8, 4) is 0 Å². The van der Waals surface area contributed by atoms with Crippen LogP contribution in [0.25, 0.3) is 0 Å². The lowest BCUT2D eigenvalue weighted by Gasteiger charge is -2.24. The Balaban J connectivity index is 0.00000264. The maximum Gasteiger partial charge on any atom is 0.194 e. The lowest BCUT2D eigenvalue weighted by molar-refractivity contribution is 0.316. The molecule has 0 aromatic heterocycles. The molecule has 23 heavy (non-hydrogen) atoms. The van der Waals surface area contributed by atoms with Crippen LogP contribution in [-0.4, -0.2) is 55.5 Å². The smallest absolute Gasteiger partial charge is 0.194 e. The van der Waals surface area contributed by atoms with Crippen molar-refractivity contribution in [1.29, 1.82) is 0 Å². The fraction of sp³-hybridized carbons (Fsp3) is 0.588. The molecule has 0 aliphatic carbocycles. The lowest BCUT2D eigenvalue weighted by Crippen LogP contribution is -2.39. The van der Waals surface area contributed by atoms with Crippen LogP contribution in [-0.2, 0) is 6.54 Å². The molecule has 0 radical (unpaired) electrons. The Morgan fingerprint density at radius 3 is 2.87 bits per heavy atom. The Kier molecular flexibility index (Phi) is 8.83. The summed E-state index contributed by atoms with van der Waals surface area (Å²) < 4.78 is 13.3. The first-order valence-corrected chi connectivity index (χ1v) is 8.04. The summed E-state index contributed by atoms with van der Waals surface area (Å²) in [4.78, 5) is 9.18. The fourth-order valence-corrected chi connectivity index (χ4v) is 2.86. The van der Waals surface area contributed by atoms with Gasteiger partial charge in [-0.1, -0.05) is 12.1 Å². The van der Waals surface area contributed by atoms with Crippen molar-refractivity contribution in [2.24, 2.45) is 4.99 Å². The van der Waals surface area contributed by atoms with Crippen LogP contribution in [0.3, 0.4) is 0 Å². The SMILES string of the molecule is CCNC(=NCC1CCCN1C)N(C)Cc1cccc(F)c1.I. The zero-order valence-electron chi connectivity index (χ0n) is 14.3. The highest BCUT2D eigenvalue weighted by Gasteiger charge is 2.20. The number of likely N-dealkylation sites (tertiary alicyclic amines) is 1. The van der Waals surface area contributed by atoms with E-state index in [0.29, 0.717) is 12.6 Å². The normalized spacial score (nSPS) is 18.6. The predicted octanol–water partition coefficient (Wildman–Crippen LogP) is 2.94. The van der Waals surface area contributed by atoms with E-state index in [4.69, 9.17) is 4.99 Å². The van der Waals surface area contributed by atoms with E-state index in [9.17, 15) is 4.39 Å². The zero-order chi connectivity index (χ0) is 15.9. The summed E-state index contributed by atoms with van der Waals surface area (Å²) >= 11 is 0. The molecule has 1 heterocycles. The van der Waals surface area contributed by atoms with E-state index >= 15 is 0 Å². The van der Waals surface area contributed by atoms with E-state index in [1.54, 1.807) is 12.1 Å². The molecule has 1 aliphatic rings. The van der Waals surface area contributed by atoms with E-state index in [2.05, 4.69) is 24.2 Å². The minimum atomic E-state index is -0.194. The average molecular weight is 434 g/mol. The van der Waals surface area contributed by atoms with Gasteiger partial charge >= 0.3 is 0 Å². The molecule has 1 saturated heterocycles. The molecule has 0 bridgehead atoms. The second-order valence-electron chi connectivity index (χ2n) is 5.96. The molecule has 1 unspecified atom stereocenters. The number of halogens is 2. The van der Waals surface area contributed by atoms with Crippen LogP contribution in [0.2, 0.25) is 0 Å². The topological polar surface area (TPSA) is 30.9 Å². The first kappa shape index (κ1) is 20.2. The number of rotatable bonds is 5. The molecule has 0 spiro atoms. The summed E-state index contributed by atoms with van der Waals surface area (Å²) in [5.74, 6) is 0.687. The van der Waals surface area contributed by atoms with Gasteiger partial charge in [-0.25, -0.2) is 4.39 Å². The Hall–Kier alpha value is -0.890. The van der Waals surface area contributed by atoms with E-state index in [1.807, 2.05) is 18.0 Å². The molecule has 1 aromatic rings. The molecule has 2 rings (SSSR count). The van der Waals surface area contributed by atoms with Crippen molar-refractivity contribution >= 4 is 29.9 Å². The predicted molar refractivity (Wildman–Crippen MR) is 105 cm³/mol. The molecule has 6 heteroatoms. The van der Waals surface area contributed by atoms with E-state index in [-0.39, 0.29) is 29.8 Å². The minimum Gasteiger partial charge on any atom is -0.357 e. The van der Waals surface area contributed by atoms with Crippen molar-refractivity contribution in [3.63, 3.8) is 0 Å². The first-order valence-electron chi connectivity index (χ1n) is 8.04. The van der Waals surface area contributed by atoms with E-state index in [1.165, 1.54) is 18.9 Å². The number of guanidine groups is 1. The second-order valence-corrected chi connectivity index (χ2v) is 5.96. The zero-order valence-corrected chi connectivity index (χ0v) is 16.6. The van der Waals surface area contributed by atoms with Crippen molar-refractivity contribution in [2.45, 2.75) is 32.4 Å². The van der Waals surface area contributed by atoms with Crippen LogP contribution in [0.1, 0.15) is 25.3 Å². The van der Waals surface area contributed by atoms with Crippen LogP contribution in [0.4, 0.5) is 4.39 Å². The molecule has 4 nitrogen and oxygen atoms in total. The summed E-state index contributed by atoms with van der Waals surface area (Å²) in [6.07, 6.45) is 2.47. The maximum absolute atomic E-state index is 13.3. The molecule has 0 amide bonds. The van der Waals surface area contributed by atoms with Crippen LogP contribution in [0.5, 0.6) is 0 Å². The Morgan fingerprint density at radius 2 is 2.26 bits per heavy atom. The van der Waals surface area contributed by atoms with Crippen LogP contribution in [0, 0.1) is 5.82 Å². The van der Waals surface area contributed by atoms with Gasteiger partial charge in [0.2, 0.25) is 0 Å². The van der Waals surface area contributed by atoms with Gasteiger partial charge in [-0.3, -0.25) is 4.99 Å². The van der Waals surface area contributed by atoms with Crippen LogP contribution < -0.4 is 5.32 Å². The number of likely N-dealkylation sites (N-methyl/N-ethyl adjacent to an activating group) is 1. The van der Waals surface area contributed by atoms with Crippen molar-refractivity contribution in [3.05, 3.63) is 35.6 Å². The van der Waals surface area contributed by atoms with Gasteiger partial charge in [0.25, 0.3) is 0 Å². The first-order chi connectivity index (χ1) is 10.6. The monoisotopic (exact) mass is 434 g/mol. The molecular formula is C17H28FIN4. The van der Waals surface area contributed by atoms with E-state index < -0.39 is 0 Å². The highest BCUT2D eigenvalue weighted by Crippen LogP contribution is 2.15. The third kappa shape index (κ3) is 6.25. The standard InChI is InChI=1S/C17H27FN4.HI/c1-4-19-17(20-12-16-9-6-10-21(16)2)22(3)13-14-7-5-8-15(18)11-14;/h5,7-8,11,16H,4,6,9-10,12-13H2,1-3H3,(H,19,20);1H. The summed E-state index contributed by atoms with van der Waals surface area (Å²) in [6, 6.07) is 7.27. The van der Waals surface area contributed by atoms with Gasteiger partial charge in [0, 0.05) is 26.2 Å². The minimum absolute atomic E-state index is 0. The van der Waals surface area contributed by atoms with Crippen molar-refractivity contribution in [1.82, 2.24) is 15.1 Å². The maximum atomic E-state index is 13.3. The average Bonchev–Trinajstić information content (AvgIpc) is 2.88. The number of nitrogens with zero attached hydrogens (tertiary/aromatic N) is 3. The fourth-order valence-electron chi connectivity index (χ4n) is 2.86. The van der Waals surface area contributed by atoms with E-state index in [0.717, 1.165) is 31.2 Å². The highest BCUT2D eigenvalue weighted by molar-refractivity contribution is 14.0. The highest BCUT2D eigenvalue weighted by atomic mass is 127. The van der Waals surface area contributed by atoms with Gasteiger partial charge in [-0.05, 0) is 51.1 Å². The molecule has 1 atom stereocenters. The second kappa shape index (κ2) is 10.1. The Bertz CT molecular complexity index is 509. The number of nitrogens with one attached hydrogen (secondary N) is 1. The summed E-state index contributed by atoms with van der Waals surface area (Å²) in [5.41, 5.74) is 0.950. The van der Waals surface area contributed by atoms with Gasteiger partial charge in [-0.2, -0.15) is 0 Å². The molecule has 1 fully saturated rings. The van der Waals surface area contributed by atoms with Crippen LogP contribution in [0.15, 0.2) is 29.3 Å². The number of hydrogen-bond acceptors (Lipinski definition) is 2. The Labute approximate surface area is 156 Å². The molecule has 1 aromatic carbocycles. The van der Waals surface area contributed by atoms with Gasteiger partial charge in [-0.15, -0.1) is 24.0 Å². The van der Waals surface area contributed by atoms with Gasteiger partial charge in [0.1, 0.15) is 5.82 Å². The largest absolute Gasteiger partial charge is 0.357 e. The molecule has 1 aliphatic heterocycles. The van der Waals surface area contributed by atoms with Crippen molar-refractivity contribution < 1.29 is 4.39 Å². The third-order valence-corrected chi connectivity index (χ3v) is 4.13. The van der Waals surface area contributed by atoms with Crippen LogP contribution >= 0.6 is 24.0 Å². The molecule has 1 N–H and O–H groups in total. The molecule has 130 valence electrons. The number of aliphatic imine (C=N–C) groups is 1. The quantitative estimate of drug-likeness (QED) is 0.439. The number of hydrogen-bond donors (Lipinski definition) is 1. The van der Waals surface area contributed by atoms with Gasteiger partial charge in [0.15, 0.2) is 5.96 Å². The summed E-state index contributed by atoms with van der Waals surface area (Å²) in [7, 11) is 4.15. The Morgan fingerprint density at radius 1 is 1.48 bits per heavy atom. The lowest BCUT2D eigenvalue weighted by atomic mass is 10.2. The molecule has 0 saturated carbocycles. The summed E-state index contributed by atoms with van der Waals surface area (Å²) in [6.45, 7) is 5.51. The third-order valence-electron chi connectivity index (χ3n) is 4.13. The van der Waals surface area contributed by atoms with Crippen molar-refractivity contribution in [2.75, 3.05) is 33.7 Å². The molecular weight excluding hydrogens is 406 g/mol. The number of benzene rings is 1. The van der Waals surface area contributed by atoms with Gasteiger partial charge in [0.05, 0.1) is 6.54 Å². The summed E-state index contributed by atoms with van der Waals surface area (Å²) in [5, 5.41) is 3.32.